The molecule has 2 unspecified atom stereocenters. The van der Waals surface area contributed by atoms with E-state index >= 15 is 4.39 Å². The van der Waals surface area contributed by atoms with E-state index in [4.69, 9.17) is 10.5 Å². The highest BCUT2D eigenvalue weighted by Gasteiger charge is 2.47. The molecular formula is C28H39FN8O3. The lowest BCUT2D eigenvalue weighted by Crippen LogP contribution is -2.60. The third-order valence-corrected chi connectivity index (χ3v) is 9.04. The van der Waals surface area contributed by atoms with Gasteiger partial charge < -0.3 is 30.9 Å². The highest BCUT2D eigenvalue weighted by Crippen LogP contribution is 2.43. The van der Waals surface area contributed by atoms with Crippen molar-refractivity contribution in [3.63, 3.8) is 0 Å². The van der Waals surface area contributed by atoms with Crippen LogP contribution in [-0.4, -0.2) is 83.1 Å². The minimum absolute atomic E-state index is 0.0110. The number of pyridine rings is 1. The predicted octanol–water partition coefficient (Wildman–Crippen LogP) is 3.14. The van der Waals surface area contributed by atoms with Crippen LogP contribution in [0.25, 0.3) is 0 Å². The molecule has 2 amide bonds. The van der Waals surface area contributed by atoms with Gasteiger partial charge in [0.05, 0.1) is 35.8 Å². The Morgan fingerprint density at radius 2 is 1.90 bits per heavy atom. The van der Waals surface area contributed by atoms with E-state index in [1.54, 1.807) is 17.1 Å². The van der Waals surface area contributed by atoms with Gasteiger partial charge in [-0.05, 0) is 18.9 Å². The lowest BCUT2D eigenvalue weighted by molar-refractivity contribution is -0.148. The van der Waals surface area contributed by atoms with Crippen molar-refractivity contribution in [3.8, 4) is 0 Å². The molecule has 1 saturated carbocycles. The maximum absolute atomic E-state index is 15.7. The van der Waals surface area contributed by atoms with E-state index in [1.807, 2.05) is 11.0 Å². The number of anilines is 4. The molecule has 3 fully saturated rings. The fraction of sp³-hybridized carbons (Fsp3) is 0.643. The van der Waals surface area contributed by atoms with E-state index in [0.29, 0.717) is 50.6 Å². The zero-order valence-corrected chi connectivity index (χ0v) is 22.9. The molecule has 0 radical (unpaired) electrons. The number of carbonyl (C=O) groups excluding carboxylic acids is 2. The molecule has 1 spiro atoms. The number of aromatic nitrogens is 3. The van der Waals surface area contributed by atoms with Crippen LogP contribution in [0.3, 0.4) is 0 Å². The van der Waals surface area contributed by atoms with E-state index < -0.39 is 17.6 Å². The Balaban J connectivity index is 1.26. The van der Waals surface area contributed by atoms with Crippen LogP contribution in [0.1, 0.15) is 68.1 Å². The fourth-order valence-electron chi connectivity index (χ4n) is 6.90. The van der Waals surface area contributed by atoms with Gasteiger partial charge in [0, 0.05) is 32.4 Å². The largest absolute Gasteiger partial charge is 0.381 e. The molecule has 216 valence electrons. The third-order valence-electron chi connectivity index (χ3n) is 9.04. The van der Waals surface area contributed by atoms with Crippen molar-refractivity contribution >= 4 is 34.8 Å². The Morgan fingerprint density at radius 3 is 2.67 bits per heavy atom. The molecule has 2 atom stereocenters. The maximum Gasteiger partial charge on any atom is 0.263 e. The molecule has 0 aromatic carbocycles. The number of fused-ring (bicyclic) bond motifs is 3. The summed E-state index contributed by atoms with van der Waals surface area (Å²) in [4.78, 5) is 34.2. The second kappa shape index (κ2) is 11.2. The number of nitrogen functional groups attached to an aromatic ring is 1. The summed E-state index contributed by atoms with van der Waals surface area (Å²) >= 11 is 0. The molecule has 6 rings (SSSR count). The number of nitrogens with zero attached hydrogens (tertiary/aromatic N) is 5. The van der Waals surface area contributed by atoms with Crippen molar-refractivity contribution in [2.45, 2.75) is 75.5 Å². The topological polar surface area (TPSA) is 131 Å². The second-order valence-electron chi connectivity index (χ2n) is 11.5. The summed E-state index contributed by atoms with van der Waals surface area (Å²) in [6.45, 7) is 2.53. The number of alkyl halides is 1. The van der Waals surface area contributed by atoms with Gasteiger partial charge in [0.15, 0.2) is 5.82 Å². The van der Waals surface area contributed by atoms with E-state index in [-0.39, 0.29) is 36.5 Å². The molecule has 2 saturated heterocycles. The van der Waals surface area contributed by atoms with Gasteiger partial charge in [-0.2, -0.15) is 5.10 Å². The molecule has 4 N–H and O–H groups in total. The van der Waals surface area contributed by atoms with Gasteiger partial charge in [0.25, 0.3) is 5.91 Å². The SMILES string of the molecule is Nc1nn2c(c1C(=O)Nc1cnccc1N1CCN3C(=O)COCC3C1)NCC(F)C21CCCCCCCCC1. The van der Waals surface area contributed by atoms with Gasteiger partial charge in [-0.3, -0.25) is 14.6 Å². The number of nitrogens with one attached hydrogen (secondary N) is 2. The highest BCUT2D eigenvalue weighted by atomic mass is 19.1. The number of amides is 2. The Morgan fingerprint density at radius 1 is 1.15 bits per heavy atom. The number of hydrogen-bond acceptors (Lipinski definition) is 8. The molecule has 2 aromatic rings. The molecule has 0 bridgehead atoms. The first kappa shape index (κ1) is 26.8. The molecule has 3 aliphatic heterocycles. The fourth-order valence-corrected chi connectivity index (χ4v) is 6.90. The van der Waals surface area contributed by atoms with Crippen LogP contribution in [0, 0.1) is 0 Å². The van der Waals surface area contributed by atoms with Gasteiger partial charge in [-0.25, -0.2) is 9.07 Å². The van der Waals surface area contributed by atoms with Crippen molar-refractivity contribution in [1.82, 2.24) is 19.7 Å². The van der Waals surface area contributed by atoms with Crippen molar-refractivity contribution in [2.24, 2.45) is 0 Å². The maximum atomic E-state index is 15.7. The summed E-state index contributed by atoms with van der Waals surface area (Å²) in [5, 5.41) is 10.7. The lowest BCUT2D eigenvalue weighted by atomic mass is 9.80. The number of ether oxygens (including phenoxy) is 1. The van der Waals surface area contributed by atoms with Gasteiger partial charge in [-0.15, -0.1) is 0 Å². The highest BCUT2D eigenvalue weighted by molar-refractivity contribution is 6.12. The zero-order chi connectivity index (χ0) is 27.7. The molecule has 1 aliphatic carbocycles. The van der Waals surface area contributed by atoms with E-state index in [2.05, 4.69) is 25.6 Å². The minimum atomic E-state index is -1.12. The van der Waals surface area contributed by atoms with Crippen molar-refractivity contribution < 1.29 is 18.7 Å². The van der Waals surface area contributed by atoms with Gasteiger partial charge >= 0.3 is 0 Å². The Labute approximate surface area is 233 Å². The quantitative estimate of drug-likeness (QED) is 0.528. The van der Waals surface area contributed by atoms with Crippen molar-refractivity contribution in [2.75, 3.05) is 60.7 Å². The summed E-state index contributed by atoms with van der Waals surface area (Å²) in [6, 6.07) is 1.81. The number of hydrogen-bond donors (Lipinski definition) is 3. The first-order valence-electron chi connectivity index (χ1n) is 14.6. The van der Waals surface area contributed by atoms with Crippen LogP contribution in [0.2, 0.25) is 0 Å². The number of rotatable bonds is 3. The Hall–Kier alpha value is -3.41. The summed E-state index contributed by atoms with van der Waals surface area (Å²) in [5.41, 5.74) is 7.14. The molecular weight excluding hydrogens is 515 g/mol. The number of nitrogens with two attached hydrogens (primary N) is 1. The zero-order valence-electron chi connectivity index (χ0n) is 22.9. The first-order valence-corrected chi connectivity index (χ1v) is 14.6. The first-order chi connectivity index (χ1) is 19.5. The molecule has 11 nitrogen and oxygen atoms in total. The van der Waals surface area contributed by atoms with Gasteiger partial charge in [0.2, 0.25) is 5.91 Å². The third kappa shape index (κ3) is 4.86. The molecule has 2 aromatic heterocycles. The normalized spacial score (nSPS) is 25.1. The number of carbonyl (C=O) groups is 2. The lowest BCUT2D eigenvalue weighted by Gasteiger charge is -2.44. The van der Waals surface area contributed by atoms with Gasteiger partial charge in [0.1, 0.15) is 24.2 Å². The molecule has 4 aliphatic rings. The Bertz CT molecular complexity index is 1240. The standard InChI is InChI=1S/C28H39FN8O3/c29-22-15-32-26-24(25(30)34-37(26)28(22)9-6-4-2-1-3-5-7-10-28)27(39)33-20-14-31-11-8-21(20)35-12-13-36-19(16-35)17-40-18-23(36)38/h8,11,14,19,22,32H,1-7,9-10,12-13,15-18H2,(H2,30,34)(H,33,39). The molecule has 12 heteroatoms. The smallest absolute Gasteiger partial charge is 0.263 e. The summed E-state index contributed by atoms with van der Waals surface area (Å²) < 4.78 is 22.9. The van der Waals surface area contributed by atoms with Crippen molar-refractivity contribution in [3.05, 3.63) is 24.0 Å². The monoisotopic (exact) mass is 554 g/mol. The van der Waals surface area contributed by atoms with Gasteiger partial charge in [-0.1, -0.05) is 44.9 Å². The molecule has 40 heavy (non-hydrogen) atoms. The number of halogens is 1. The summed E-state index contributed by atoms with van der Waals surface area (Å²) in [5.74, 6) is 0.167. The second-order valence-corrected chi connectivity index (χ2v) is 11.5. The van der Waals surface area contributed by atoms with Crippen LogP contribution < -0.4 is 21.3 Å². The predicted molar refractivity (Wildman–Crippen MR) is 150 cm³/mol. The average molecular weight is 555 g/mol. The Kier molecular flexibility index (Phi) is 7.52. The minimum Gasteiger partial charge on any atom is -0.381 e. The van der Waals surface area contributed by atoms with E-state index in [1.165, 1.54) is 19.3 Å². The van der Waals surface area contributed by atoms with Crippen LogP contribution in [0.15, 0.2) is 18.5 Å². The summed E-state index contributed by atoms with van der Waals surface area (Å²) in [7, 11) is 0. The number of piperazine rings is 1. The van der Waals surface area contributed by atoms with Crippen molar-refractivity contribution in [1.29, 1.82) is 0 Å². The molecule has 5 heterocycles. The summed E-state index contributed by atoms with van der Waals surface area (Å²) in [6.07, 6.45) is 11.1. The van der Waals surface area contributed by atoms with E-state index in [0.717, 1.165) is 31.4 Å². The van der Waals surface area contributed by atoms with Crippen LogP contribution in [-0.2, 0) is 15.1 Å². The van der Waals surface area contributed by atoms with Crippen LogP contribution >= 0.6 is 0 Å². The number of morpholine rings is 1. The van der Waals surface area contributed by atoms with E-state index in [9.17, 15) is 9.59 Å². The van der Waals surface area contributed by atoms with Crippen LogP contribution in [0.4, 0.5) is 27.4 Å². The average Bonchev–Trinajstić information content (AvgIpc) is 3.31. The van der Waals surface area contributed by atoms with Crippen LogP contribution in [0.5, 0.6) is 0 Å².